The topological polar surface area (TPSA) is 76.2 Å². The molecule has 0 saturated carbocycles. The second kappa shape index (κ2) is 6.16. The molecule has 1 aromatic heterocycles. The van der Waals surface area contributed by atoms with E-state index in [0.717, 1.165) is 12.1 Å². The molecular weight excluding hydrogens is 242 g/mol. The van der Waals surface area contributed by atoms with Crippen LogP contribution in [0, 0.1) is 5.41 Å². The van der Waals surface area contributed by atoms with E-state index in [0.29, 0.717) is 6.54 Å². The van der Waals surface area contributed by atoms with Gasteiger partial charge in [0.05, 0.1) is 6.20 Å². The summed E-state index contributed by atoms with van der Waals surface area (Å²) in [6.07, 6.45) is 3.38. The maximum atomic E-state index is 12.0. The number of hydrogen-bond acceptors (Lipinski definition) is 4. The molecule has 0 bridgehead atoms. The maximum absolute atomic E-state index is 12.0. The van der Waals surface area contributed by atoms with Crippen molar-refractivity contribution in [3.63, 3.8) is 0 Å². The van der Waals surface area contributed by atoms with Crippen LogP contribution in [0.15, 0.2) is 12.4 Å². The quantitative estimate of drug-likeness (QED) is 0.768. The fourth-order valence-corrected chi connectivity index (χ4v) is 2.10. The van der Waals surface area contributed by atoms with Crippen molar-refractivity contribution in [2.24, 2.45) is 18.2 Å². The van der Waals surface area contributed by atoms with Crippen LogP contribution in [-0.4, -0.2) is 47.8 Å². The van der Waals surface area contributed by atoms with Crippen molar-refractivity contribution in [3.8, 4) is 0 Å². The van der Waals surface area contributed by atoms with E-state index in [1.165, 1.54) is 0 Å². The predicted octanol–water partition coefficient (Wildman–Crippen LogP) is 0.124. The van der Waals surface area contributed by atoms with Crippen LogP contribution in [-0.2, 0) is 11.8 Å². The molecule has 1 heterocycles. The highest BCUT2D eigenvalue weighted by Gasteiger charge is 2.23. The SMILES string of the molecule is CN(C)CC(C)(C)CNC(=O)C(N)c1cnn(C)c1. The first-order chi connectivity index (χ1) is 8.71. The van der Waals surface area contributed by atoms with Crippen molar-refractivity contribution in [3.05, 3.63) is 18.0 Å². The van der Waals surface area contributed by atoms with Crippen molar-refractivity contribution >= 4 is 5.91 Å². The molecule has 1 unspecified atom stereocenters. The molecule has 0 aliphatic heterocycles. The summed E-state index contributed by atoms with van der Waals surface area (Å²) in [6, 6.07) is -0.663. The Hall–Kier alpha value is -1.40. The van der Waals surface area contributed by atoms with Gasteiger partial charge >= 0.3 is 0 Å². The zero-order valence-corrected chi connectivity index (χ0v) is 12.5. The van der Waals surface area contributed by atoms with Gasteiger partial charge < -0.3 is 16.0 Å². The Kier molecular flexibility index (Phi) is 5.08. The minimum absolute atomic E-state index is 0.00776. The molecule has 0 fully saturated rings. The lowest BCUT2D eigenvalue weighted by Crippen LogP contribution is -2.43. The minimum atomic E-state index is -0.663. The average molecular weight is 267 g/mol. The summed E-state index contributed by atoms with van der Waals surface area (Å²) in [5, 5.41) is 6.93. The Bertz CT molecular complexity index is 424. The van der Waals surface area contributed by atoms with E-state index < -0.39 is 6.04 Å². The second-order valence-corrected chi connectivity index (χ2v) is 6.04. The van der Waals surface area contributed by atoms with Gasteiger partial charge in [-0.15, -0.1) is 0 Å². The van der Waals surface area contributed by atoms with Gasteiger partial charge in [0.25, 0.3) is 0 Å². The first-order valence-corrected chi connectivity index (χ1v) is 6.38. The molecule has 0 aliphatic rings. The third-order valence-electron chi connectivity index (χ3n) is 2.85. The van der Waals surface area contributed by atoms with Gasteiger partial charge in [-0.1, -0.05) is 13.8 Å². The molecule has 1 rings (SSSR count). The summed E-state index contributed by atoms with van der Waals surface area (Å²) < 4.78 is 1.64. The molecule has 0 spiro atoms. The van der Waals surface area contributed by atoms with E-state index in [-0.39, 0.29) is 11.3 Å². The molecule has 0 saturated heterocycles. The van der Waals surface area contributed by atoms with Crippen molar-refractivity contribution in [1.29, 1.82) is 0 Å². The molecule has 19 heavy (non-hydrogen) atoms. The lowest BCUT2D eigenvalue weighted by atomic mass is 9.93. The number of nitrogens with zero attached hydrogens (tertiary/aromatic N) is 3. The maximum Gasteiger partial charge on any atom is 0.241 e. The smallest absolute Gasteiger partial charge is 0.241 e. The van der Waals surface area contributed by atoms with Gasteiger partial charge in [-0.2, -0.15) is 5.10 Å². The predicted molar refractivity (Wildman–Crippen MR) is 75.5 cm³/mol. The molecule has 3 N–H and O–H groups in total. The Morgan fingerprint density at radius 1 is 1.58 bits per heavy atom. The highest BCUT2D eigenvalue weighted by Crippen LogP contribution is 2.15. The number of nitrogens with two attached hydrogens (primary N) is 1. The van der Waals surface area contributed by atoms with E-state index in [9.17, 15) is 4.79 Å². The van der Waals surface area contributed by atoms with Gasteiger partial charge in [-0.3, -0.25) is 9.48 Å². The van der Waals surface area contributed by atoms with Gasteiger partial charge in [-0.25, -0.2) is 0 Å². The number of carbonyl (C=O) groups is 1. The summed E-state index contributed by atoms with van der Waals surface area (Å²) >= 11 is 0. The van der Waals surface area contributed by atoms with E-state index in [2.05, 4.69) is 29.2 Å². The number of rotatable bonds is 6. The molecule has 6 heteroatoms. The lowest BCUT2D eigenvalue weighted by Gasteiger charge is -2.28. The number of nitrogens with one attached hydrogen (secondary N) is 1. The number of amides is 1. The average Bonchev–Trinajstić information content (AvgIpc) is 2.70. The van der Waals surface area contributed by atoms with Crippen LogP contribution in [0.2, 0.25) is 0 Å². The lowest BCUT2D eigenvalue weighted by molar-refractivity contribution is -0.123. The minimum Gasteiger partial charge on any atom is -0.354 e. The molecule has 0 aliphatic carbocycles. The number of hydrogen-bond donors (Lipinski definition) is 2. The standard InChI is InChI=1S/C13H25N5O/c1-13(2,9-17(3)4)8-15-12(19)11(14)10-6-16-18(5)7-10/h6-7,11H,8-9,14H2,1-5H3,(H,15,19). The summed E-state index contributed by atoms with van der Waals surface area (Å²) in [6.45, 7) is 5.72. The highest BCUT2D eigenvalue weighted by atomic mass is 16.2. The first-order valence-electron chi connectivity index (χ1n) is 6.38. The molecule has 1 aromatic rings. The Morgan fingerprint density at radius 3 is 2.68 bits per heavy atom. The largest absolute Gasteiger partial charge is 0.354 e. The molecule has 108 valence electrons. The van der Waals surface area contributed by atoms with E-state index in [4.69, 9.17) is 5.73 Å². The van der Waals surface area contributed by atoms with Gasteiger partial charge in [0.15, 0.2) is 0 Å². The Balaban J connectivity index is 2.51. The summed E-state index contributed by atoms with van der Waals surface area (Å²) in [5.74, 6) is -0.167. The molecule has 1 amide bonds. The first kappa shape index (κ1) is 15.7. The van der Waals surface area contributed by atoms with Crippen LogP contribution >= 0.6 is 0 Å². The van der Waals surface area contributed by atoms with Crippen molar-refractivity contribution < 1.29 is 4.79 Å². The zero-order chi connectivity index (χ0) is 14.6. The summed E-state index contributed by atoms with van der Waals surface area (Å²) in [4.78, 5) is 14.1. The van der Waals surface area contributed by atoms with Crippen LogP contribution in [0.3, 0.4) is 0 Å². The Morgan fingerprint density at radius 2 is 2.21 bits per heavy atom. The van der Waals surface area contributed by atoms with Crippen LogP contribution in [0.4, 0.5) is 0 Å². The molecule has 0 aromatic carbocycles. The van der Waals surface area contributed by atoms with Gasteiger partial charge in [0.2, 0.25) is 5.91 Å². The van der Waals surface area contributed by atoms with Gasteiger partial charge in [0, 0.05) is 31.9 Å². The van der Waals surface area contributed by atoms with Crippen LogP contribution in [0.25, 0.3) is 0 Å². The molecule has 0 radical (unpaired) electrons. The van der Waals surface area contributed by atoms with Gasteiger partial charge in [0.1, 0.15) is 6.04 Å². The third-order valence-corrected chi connectivity index (χ3v) is 2.85. The van der Waals surface area contributed by atoms with Crippen molar-refractivity contribution in [2.75, 3.05) is 27.2 Å². The normalized spacial score (nSPS) is 13.6. The van der Waals surface area contributed by atoms with Crippen molar-refractivity contribution in [1.82, 2.24) is 20.0 Å². The molecule has 6 nitrogen and oxygen atoms in total. The highest BCUT2D eigenvalue weighted by molar-refractivity contribution is 5.82. The second-order valence-electron chi connectivity index (χ2n) is 6.04. The number of carbonyl (C=O) groups excluding carboxylic acids is 1. The summed E-state index contributed by atoms with van der Waals surface area (Å²) in [7, 11) is 5.84. The third kappa shape index (κ3) is 5.00. The Labute approximate surface area is 114 Å². The zero-order valence-electron chi connectivity index (χ0n) is 12.5. The molecular formula is C13H25N5O. The summed E-state index contributed by atoms with van der Waals surface area (Å²) in [5.41, 5.74) is 6.64. The van der Waals surface area contributed by atoms with Crippen LogP contribution < -0.4 is 11.1 Å². The van der Waals surface area contributed by atoms with Crippen LogP contribution in [0.1, 0.15) is 25.5 Å². The molecule has 1 atom stereocenters. The van der Waals surface area contributed by atoms with Gasteiger partial charge in [-0.05, 0) is 19.5 Å². The van der Waals surface area contributed by atoms with E-state index in [1.54, 1.807) is 24.1 Å². The van der Waals surface area contributed by atoms with Crippen LogP contribution in [0.5, 0.6) is 0 Å². The number of aromatic nitrogens is 2. The van der Waals surface area contributed by atoms with E-state index >= 15 is 0 Å². The fraction of sp³-hybridized carbons (Fsp3) is 0.692. The van der Waals surface area contributed by atoms with E-state index in [1.807, 2.05) is 14.1 Å². The number of aryl methyl sites for hydroxylation is 1. The fourth-order valence-electron chi connectivity index (χ4n) is 2.10. The van der Waals surface area contributed by atoms with Crippen molar-refractivity contribution in [2.45, 2.75) is 19.9 Å². The monoisotopic (exact) mass is 267 g/mol.